The quantitative estimate of drug-likeness (QED) is 0.699. The molecule has 1 N–H and O–H groups in total. The summed E-state index contributed by atoms with van der Waals surface area (Å²) in [6.45, 7) is 0.388. The molecule has 0 radical (unpaired) electrons. The van der Waals surface area contributed by atoms with Crippen LogP contribution in [-0.4, -0.2) is 41.9 Å². The van der Waals surface area contributed by atoms with Crippen LogP contribution in [0, 0.1) is 0 Å². The molecule has 19 heavy (non-hydrogen) atoms. The van der Waals surface area contributed by atoms with Crippen LogP contribution in [-0.2, 0) is 25.4 Å². The molecule has 9 heteroatoms. The summed E-state index contributed by atoms with van der Waals surface area (Å²) in [7, 11) is -0.691. The summed E-state index contributed by atoms with van der Waals surface area (Å²) in [5.41, 5.74) is 0. The Hall–Kier alpha value is -0.120. The van der Waals surface area contributed by atoms with Crippen LogP contribution in [0.3, 0.4) is 0 Å². The average molecular weight is 377 g/mol. The number of hydrogen-bond acceptors (Lipinski definition) is 5. The first-order valence-corrected chi connectivity index (χ1v) is 8.11. The minimum Gasteiger partial charge on any atom is -0.452 e. The largest absolute Gasteiger partial charge is 0.452 e. The Morgan fingerprint density at radius 2 is 2.21 bits per heavy atom. The number of nitrogens with one attached hydrogen (secondary N) is 1. The normalized spacial score (nSPS) is 13.7. The molecule has 110 valence electrons. The molecule has 1 aromatic heterocycles. The smallest absolute Gasteiger partial charge is 0.245 e. The molecule has 0 amide bonds. The monoisotopic (exact) mass is 375 g/mol. The summed E-state index contributed by atoms with van der Waals surface area (Å²) in [4.78, 5) is 0.00965. The van der Waals surface area contributed by atoms with Gasteiger partial charge in [-0.3, -0.25) is 0 Å². The first-order valence-electron chi connectivity index (χ1n) is 5.30. The Labute approximate surface area is 125 Å². The lowest BCUT2D eigenvalue weighted by molar-refractivity contribution is 0.0320. The van der Waals surface area contributed by atoms with Crippen molar-refractivity contribution in [2.45, 2.75) is 16.9 Å². The minimum absolute atomic E-state index is 0.00965. The molecule has 0 bridgehead atoms. The molecule has 0 aromatic carbocycles. The molecular weight excluding hydrogens is 362 g/mol. The number of ether oxygens (including phenoxy) is 2. The topological polar surface area (TPSA) is 77.8 Å². The third-order valence-electron chi connectivity index (χ3n) is 2.31. The van der Waals surface area contributed by atoms with Gasteiger partial charge in [-0.1, -0.05) is 0 Å². The molecule has 1 unspecified atom stereocenters. The van der Waals surface area contributed by atoms with Crippen LogP contribution in [0.15, 0.2) is 20.0 Å². The van der Waals surface area contributed by atoms with E-state index in [2.05, 4.69) is 20.7 Å². The van der Waals surface area contributed by atoms with Crippen molar-refractivity contribution < 1.29 is 22.3 Å². The van der Waals surface area contributed by atoms with Crippen LogP contribution in [0.1, 0.15) is 5.76 Å². The van der Waals surface area contributed by atoms with Crippen molar-refractivity contribution in [3.05, 3.63) is 16.5 Å². The predicted octanol–water partition coefficient (Wildman–Crippen LogP) is 1.72. The van der Waals surface area contributed by atoms with E-state index in [4.69, 9.17) is 25.5 Å². The van der Waals surface area contributed by atoms with Crippen LogP contribution in [0.2, 0.25) is 0 Å². The highest BCUT2D eigenvalue weighted by molar-refractivity contribution is 9.10. The highest BCUT2D eigenvalue weighted by Crippen LogP contribution is 2.26. The summed E-state index contributed by atoms with van der Waals surface area (Å²) in [6, 6.07) is 1.37. The van der Waals surface area contributed by atoms with Gasteiger partial charge in [0.15, 0.2) is 4.67 Å². The molecule has 0 aliphatic heterocycles. The number of alkyl halides is 1. The van der Waals surface area contributed by atoms with Gasteiger partial charge in [0, 0.05) is 26.8 Å². The van der Waals surface area contributed by atoms with Gasteiger partial charge in [-0.25, -0.2) is 13.1 Å². The zero-order valence-electron chi connectivity index (χ0n) is 10.5. The summed E-state index contributed by atoms with van der Waals surface area (Å²) in [5, 5.41) is 0. The van der Waals surface area contributed by atoms with Gasteiger partial charge < -0.3 is 13.9 Å². The van der Waals surface area contributed by atoms with Crippen molar-refractivity contribution in [3.8, 4) is 0 Å². The summed E-state index contributed by atoms with van der Waals surface area (Å²) in [5.74, 6) is 0.465. The Kier molecular flexibility index (Phi) is 6.78. The lowest BCUT2D eigenvalue weighted by Gasteiger charge is -2.14. The second-order valence-electron chi connectivity index (χ2n) is 3.65. The Bertz CT molecular complexity index is 504. The first kappa shape index (κ1) is 16.9. The standard InChI is InChI=1S/C10H15BrClNO5S/c1-16-6-8(17-2)5-13-19(14,15)9-3-7(4-12)18-10(9)11/h3,8,13H,4-6H2,1-2H3. The third-order valence-corrected chi connectivity index (χ3v) is 4.86. The van der Waals surface area contributed by atoms with E-state index >= 15 is 0 Å². The first-order chi connectivity index (χ1) is 8.94. The second kappa shape index (κ2) is 7.61. The van der Waals surface area contributed by atoms with E-state index in [1.165, 1.54) is 20.3 Å². The Morgan fingerprint density at radius 3 is 2.68 bits per heavy atom. The van der Waals surface area contributed by atoms with E-state index in [0.717, 1.165) is 0 Å². The lowest BCUT2D eigenvalue weighted by Crippen LogP contribution is -2.35. The summed E-state index contributed by atoms with van der Waals surface area (Å²) in [6.07, 6.45) is -0.363. The van der Waals surface area contributed by atoms with Gasteiger partial charge in [0.25, 0.3) is 0 Å². The van der Waals surface area contributed by atoms with E-state index in [1.54, 1.807) is 0 Å². The minimum atomic E-state index is -3.69. The molecule has 0 aliphatic rings. The number of furan rings is 1. The Morgan fingerprint density at radius 1 is 1.53 bits per heavy atom. The van der Waals surface area contributed by atoms with Crippen LogP contribution >= 0.6 is 27.5 Å². The molecule has 1 atom stereocenters. The fraction of sp³-hybridized carbons (Fsp3) is 0.600. The van der Waals surface area contributed by atoms with E-state index < -0.39 is 10.0 Å². The molecular formula is C10H15BrClNO5S. The van der Waals surface area contributed by atoms with Crippen molar-refractivity contribution in [3.63, 3.8) is 0 Å². The maximum Gasteiger partial charge on any atom is 0.245 e. The van der Waals surface area contributed by atoms with Crippen molar-refractivity contribution in [2.75, 3.05) is 27.4 Å². The van der Waals surface area contributed by atoms with E-state index in [9.17, 15) is 8.42 Å². The fourth-order valence-electron chi connectivity index (χ4n) is 1.32. The SMILES string of the molecule is COCC(CNS(=O)(=O)c1cc(CCl)oc1Br)OC. The van der Waals surface area contributed by atoms with Crippen LogP contribution in [0.25, 0.3) is 0 Å². The maximum atomic E-state index is 12.1. The average Bonchev–Trinajstić information content (AvgIpc) is 2.76. The van der Waals surface area contributed by atoms with Gasteiger partial charge in [-0.05, 0) is 15.9 Å². The van der Waals surface area contributed by atoms with E-state index in [-0.39, 0.29) is 28.1 Å². The molecule has 0 spiro atoms. The Balaban J connectivity index is 2.77. The molecule has 0 saturated heterocycles. The van der Waals surface area contributed by atoms with Crippen LogP contribution in [0.4, 0.5) is 0 Å². The fourth-order valence-corrected chi connectivity index (χ4v) is 3.52. The molecule has 1 heterocycles. The van der Waals surface area contributed by atoms with Crippen molar-refractivity contribution >= 4 is 37.6 Å². The van der Waals surface area contributed by atoms with Crippen LogP contribution < -0.4 is 4.72 Å². The highest BCUT2D eigenvalue weighted by atomic mass is 79.9. The molecule has 0 fully saturated rings. The van der Waals surface area contributed by atoms with Gasteiger partial charge >= 0.3 is 0 Å². The van der Waals surface area contributed by atoms with Gasteiger partial charge in [-0.15, -0.1) is 11.6 Å². The van der Waals surface area contributed by atoms with Gasteiger partial charge in [0.05, 0.1) is 18.6 Å². The summed E-state index contributed by atoms with van der Waals surface area (Å²) < 4.78 is 41.8. The molecule has 0 saturated carbocycles. The number of hydrogen-bond donors (Lipinski definition) is 1. The number of rotatable bonds is 8. The van der Waals surface area contributed by atoms with Gasteiger partial charge in [0.1, 0.15) is 10.7 Å². The molecule has 1 rings (SSSR count). The molecule has 0 aliphatic carbocycles. The zero-order valence-corrected chi connectivity index (χ0v) is 13.6. The predicted molar refractivity (Wildman–Crippen MR) is 73.8 cm³/mol. The van der Waals surface area contributed by atoms with E-state index in [1.807, 2.05) is 0 Å². The second-order valence-corrected chi connectivity index (χ2v) is 6.37. The third kappa shape index (κ3) is 4.73. The van der Waals surface area contributed by atoms with Crippen molar-refractivity contribution in [1.29, 1.82) is 0 Å². The lowest BCUT2D eigenvalue weighted by atomic mass is 10.4. The highest BCUT2D eigenvalue weighted by Gasteiger charge is 2.23. The molecule has 6 nitrogen and oxygen atoms in total. The van der Waals surface area contributed by atoms with Crippen LogP contribution in [0.5, 0.6) is 0 Å². The van der Waals surface area contributed by atoms with Crippen molar-refractivity contribution in [1.82, 2.24) is 4.72 Å². The van der Waals surface area contributed by atoms with Gasteiger partial charge in [-0.2, -0.15) is 0 Å². The number of sulfonamides is 1. The van der Waals surface area contributed by atoms with E-state index in [0.29, 0.717) is 12.4 Å². The summed E-state index contributed by atoms with van der Waals surface area (Å²) >= 11 is 8.64. The van der Waals surface area contributed by atoms with Crippen molar-refractivity contribution in [2.24, 2.45) is 0 Å². The maximum absolute atomic E-state index is 12.1. The molecule has 1 aromatic rings. The number of halogens is 2. The zero-order chi connectivity index (χ0) is 14.5. The van der Waals surface area contributed by atoms with Gasteiger partial charge in [0.2, 0.25) is 10.0 Å². The number of methoxy groups -OCH3 is 2.